The van der Waals surface area contributed by atoms with Gasteiger partial charge in [0.1, 0.15) is 19.0 Å². The number of likely N-dealkylation sites (N-methyl/N-ethyl adjacent to an activating group) is 1. The highest BCUT2D eigenvalue weighted by molar-refractivity contribution is 6.06. The van der Waals surface area contributed by atoms with E-state index >= 15 is 0 Å². The number of amides is 2. The Kier molecular flexibility index (Phi) is 5.93. The Hall–Kier alpha value is -3.06. The van der Waals surface area contributed by atoms with E-state index < -0.39 is 0 Å². The Balaban J connectivity index is 1.71. The third kappa shape index (κ3) is 4.77. The molecule has 2 aromatic rings. The molecule has 1 aliphatic heterocycles. The predicted octanol–water partition coefficient (Wildman–Crippen LogP) is 2.84. The second kappa shape index (κ2) is 8.55. The van der Waals surface area contributed by atoms with Gasteiger partial charge in [-0.2, -0.15) is 0 Å². The third-order valence-corrected chi connectivity index (χ3v) is 4.10. The zero-order valence-electron chi connectivity index (χ0n) is 15.5. The second-order valence-electron chi connectivity index (χ2n) is 6.42. The van der Waals surface area contributed by atoms with Gasteiger partial charge in [0, 0.05) is 17.9 Å². The topological polar surface area (TPSA) is 71.1 Å². The number of carbonyl (C=O) groups is 2. The zero-order valence-corrected chi connectivity index (χ0v) is 15.5. The highest BCUT2D eigenvalue weighted by Crippen LogP contribution is 2.24. The van der Waals surface area contributed by atoms with Crippen LogP contribution in [0.1, 0.15) is 10.4 Å². The number of carbonyl (C=O) groups excluding carboxylic acids is 2. The van der Waals surface area contributed by atoms with Crippen LogP contribution in [0.2, 0.25) is 0 Å². The van der Waals surface area contributed by atoms with Crippen LogP contribution >= 0.6 is 0 Å². The maximum atomic E-state index is 12.7. The van der Waals surface area contributed by atoms with Crippen LogP contribution in [0.25, 0.3) is 0 Å². The summed E-state index contributed by atoms with van der Waals surface area (Å²) in [5.41, 5.74) is 1.74. The molecule has 7 heteroatoms. The van der Waals surface area contributed by atoms with Crippen molar-refractivity contribution in [3.05, 3.63) is 54.1 Å². The van der Waals surface area contributed by atoms with E-state index in [1.165, 1.54) is 4.90 Å². The van der Waals surface area contributed by atoms with E-state index in [4.69, 9.17) is 9.47 Å². The number of hydrogen-bond donors (Lipinski definition) is 1. The molecule has 0 spiro atoms. The quantitative estimate of drug-likeness (QED) is 0.813. The molecule has 2 amide bonds. The maximum Gasteiger partial charge on any atom is 0.414 e. The molecule has 1 fully saturated rings. The van der Waals surface area contributed by atoms with Gasteiger partial charge in [0.15, 0.2) is 0 Å². The third-order valence-electron chi connectivity index (χ3n) is 4.10. The fourth-order valence-corrected chi connectivity index (χ4v) is 2.70. The van der Waals surface area contributed by atoms with Gasteiger partial charge in [-0.05, 0) is 44.4 Å². The number of para-hydroxylation sites is 1. The first-order valence-electron chi connectivity index (χ1n) is 8.77. The van der Waals surface area contributed by atoms with Crippen LogP contribution in [-0.4, -0.2) is 57.3 Å². The molecule has 0 radical (unpaired) electrons. The highest BCUT2D eigenvalue weighted by atomic mass is 16.6. The summed E-state index contributed by atoms with van der Waals surface area (Å²) >= 11 is 0. The molecule has 0 aromatic heterocycles. The van der Waals surface area contributed by atoms with E-state index in [1.807, 2.05) is 25.1 Å². The Morgan fingerprint density at radius 3 is 2.78 bits per heavy atom. The highest BCUT2D eigenvalue weighted by Gasteiger charge is 2.23. The van der Waals surface area contributed by atoms with Crippen molar-refractivity contribution in [2.75, 3.05) is 50.6 Å². The van der Waals surface area contributed by atoms with Gasteiger partial charge in [-0.25, -0.2) is 4.79 Å². The van der Waals surface area contributed by atoms with Gasteiger partial charge in [-0.1, -0.05) is 18.2 Å². The van der Waals surface area contributed by atoms with Crippen molar-refractivity contribution in [2.45, 2.75) is 0 Å². The van der Waals surface area contributed by atoms with Crippen LogP contribution in [0.15, 0.2) is 48.5 Å². The molecular weight excluding hydrogens is 346 g/mol. The number of anilines is 2. The molecule has 1 saturated heterocycles. The van der Waals surface area contributed by atoms with Crippen molar-refractivity contribution in [3.63, 3.8) is 0 Å². The van der Waals surface area contributed by atoms with Gasteiger partial charge in [0.25, 0.3) is 5.91 Å². The SMILES string of the molecule is CN(C)CCOc1ccccc1C(=O)Nc1cccc(N2CCOC2=O)c1. The van der Waals surface area contributed by atoms with Gasteiger partial charge in [0.2, 0.25) is 0 Å². The lowest BCUT2D eigenvalue weighted by Crippen LogP contribution is -2.23. The first kappa shape index (κ1) is 18.7. The summed E-state index contributed by atoms with van der Waals surface area (Å²) in [5, 5.41) is 2.87. The molecule has 0 saturated carbocycles. The van der Waals surface area contributed by atoms with Crippen LogP contribution in [0.4, 0.5) is 16.2 Å². The first-order chi connectivity index (χ1) is 13.0. The molecule has 142 valence electrons. The largest absolute Gasteiger partial charge is 0.491 e. The monoisotopic (exact) mass is 369 g/mol. The Labute approximate surface area is 158 Å². The van der Waals surface area contributed by atoms with Crippen molar-refractivity contribution in [2.24, 2.45) is 0 Å². The summed E-state index contributed by atoms with van der Waals surface area (Å²) in [5.74, 6) is 0.271. The fraction of sp³-hybridized carbons (Fsp3) is 0.300. The molecule has 0 unspecified atom stereocenters. The van der Waals surface area contributed by atoms with Crippen molar-refractivity contribution in [3.8, 4) is 5.75 Å². The minimum absolute atomic E-state index is 0.267. The number of ether oxygens (including phenoxy) is 2. The minimum atomic E-state index is -0.377. The van der Waals surface area contributed by atoms with E-state index in [9.17, 15) is 9.59 Å². The normalized spacial score (nSPS) is 13.6. The van der Waals surface area contributed by atoms with Crippen molar-refractivity contribution in [1.82, 2.24) is 4.90 Å². The second-order valence-corrected chi connectivity index (χ2v) is 6.42. The van der Waals surface area contributed by atoms with Crippen LogP contribution < -0.4 is 15.0 Å². The predicted molar refractivity (Wildman–Crippen MR) is 104 cm³/mol. The summed E-state index contributed by atoms with van der Waals surface area (Å²) in [7, 11) is 3.93. The van der Waals surface area contributed by atoms with Crippen molar-refractivity contribution in [1.29, 1.82) is 0 Å². The van der Waals surface area contributed by atoms with Crippen LogP contribution in [0.5, 0.6) is 5.75 Å². The van der Waals surface area contributed by atoms with E-state index in [-0.39, 0.29) is 12.0 Å². The van der Waals surface area contributed by atoms with Gasteiger partial charge in [0.05, 0.1) is 12.1 Å². The molecule has 1 N–H and O–H groups in total. The molecule has 1 heterocycles. The summed E-state index contributed by atoms with van der Waals surface area (Å²) in [6.07, 6.45) is -0.377. The van der Waals surface area contributed by atoms with Gasteiger partial charge in [-0.15, -0.1) is 0 Å². The summed E-state index contributed by atoms with van der Waals surface area (Å²) in [6.45, 7) is 2.11. The molecule has 0 aliphatic carbocycles. The molecule has 0 atom stereocenters. The summed E-state index contributed by atoms with van der Waals surface area (Å²) in [6, 6.07) is 14.3. The molecule has 1 aliphatic rings. The Morgan fingerprint density at radius 2 is 2.04 bits per heavy atom. The molecule has 7 nitrogen and oxygen atoms in total. The standard InChI is InChI=1S/C20H23N3O4/c1-22(2)10-12-26-18-9-4-3-8-17(18)19(24)21-15-6-5-7-16(14-15)23-11-13-27-20(23)25/h3-9,14H,10-13H2,1-2H3,(H,21,24). The average molecular weight is 369 g/mol. The first-order valence-corrected chi connectivity index (χ1v) is 8.77. The molecule has 2 aromatic carbocycles. The molecule has 0 bridgehead atoms. The van der Waals surface area contributed by atoms with E-state index in [1.54, 1.807) is 42.5 Å². The fourth-order valence-electron chi connectivity index (χ4n) is 2.70. The van der Waals surface area contributed by atoms with Gasteiger partial charge < -0.3 is 19.7 Å². The number of cyclic esters (lactones) is 1. The molecular formula is C20H23N3O4. The smallest absolute Gasteiger partial charge is 0.414 e. The van der Waals surface area contributed by atoms with Crippen LogP contribution in [0, 0.1) is 0 Å². The Morgan fingerprint density at radius 1 is 1.22 bits per heavy atom. The Bertz CT molecular complexity index is 822. The van der Waals surface area contributed by atoms with E-state index in [0.29, 0.717) is 42.4 Å². The lowest BCUT2D eigenvalue weighted by Gasteiger charge is -2.15. The summed E-state index contributed by atoms with van der Waals surface area (Å²) < 4.78 is 10.7. The maximum absolute atomic E-state index is 12.7. The number of hydrogen-bond acceptors (Lipinski definition) is 5. The van der Waals surface area contributed by atoms with Crippen LogP contribution in [0.3, 0.4) is 0 Å². The number of rotatable bonds is 7. The van der Waals surface area contributed by atoms with Crippen LogP contribution in [-0.2, 0) is 4.74 Å². The van der Waals surface area contributed by atoms with E-state index in [2.05, 4.69) is 5.32 Å². The van der Waals surface area contributed by atoms with Gasteiger partial charge >= 0.3 is 6.09 Å². The van der Waals surface area contributed by atoms with Gasteiger partial charge in [-0.3, -0.25) is 9.69 Å². The van der Waals surface area contributed by atoms with Crippen molar-refractivity contribution >= 4 is 23.4 Å². The number of nitrogens with zero attached hydrogens (tertiary/aromatic N) is 2. The lowest BCUT2D eigenvalue weighted by molar-refractivity contribution is 0.102. The van der Waals surface area contributed by atoms with Crippen molar-refractivity contribution < 1.29 is 19.1 Å². The average Bonchev–Trinajstić information content (AvgIpc) is 3.08. The molecule has 27 heavy (non-hydrogen) atoms. The van der Waals surface area contributed by atoms with E-state index in [0.717, 1.165) is 6.54 Å². The lowest BCUT2D eigenvalue weighted by atomic mass is 10.1. The summed E-state index contributed by atoms with van der Waals surface area (Å²) in [4.78, 5) is 28.0. The zero-order chi connectivity index (χ0) is 19.2. The number of nitrogens with one attached hydrogen (secondary N) is 1. The minimum Gasteiger partial charge on any atom is -0.491 e. The number of benzene rings is 2. The molecule has 3 rings (SSSR count).